The molecular weight excluding hydrogens is 355 g/mol. The van der Waals surface area contributed by atoms with Crippen LogP contribution in [0, 0.1) is 5.92 Å². The summed E-state index contributed by atoms with van der Waals surface area (Å²) in [5, 5.41) is 7.31. The van der Waals surface area contributed by atoms with Crippen molar-refractivity contribution in [1.82, 2.24) is 10.1 Å². The smallest absolute Gasteiger partial charge is 0.362 e. The standard InChI is InChI=1S/C17H17ClF3N3O/c18-11-2-1-10-13(12(11)17(19,20)21)25-23-15(10)22-14-9-3-7-24(8-4-9)16(14)5-6-16/h1-2,9,14H,3-8H2,(H,22,23). The van der Waals surface area contributed by atoms with Gasteiger partial charge in [0.15, 0.2) is 11.4 Å². The van der Waals surface area contributed by atoms with E-state index in [-0.39, 0.29) is 22.2 Å². The predicted octanol–water partition coefficient (Wildman–Crippen LogP) is 4.54. The molecule has 2 bridgehead atoms. The molecule has 25 heavy (non-hydrogen) atoms. The number of nitrogens with zero attached hydrogens (tertiary/aromatic N) is 2. The van der Waals surface area contributed by atoms with Crippen LogP contribution in [0.4, 0.5) is 19.0 Å². The zero-order chi connectivity index (χ0) is 17.4. The van der Waals surface area contributed by atoms with Gasteiger partial charge in [0, 0.05) is 11.6 Å². The fraction of sp³-hybridized carbons (Fsp3) is 0.588. The molecule has 6 rings (SSSR count). The van der Waals surface area contributed by atoms with Gasteiger partial charge in [-0.05, 0) is 56.8 Å². The van der Waals surface area contributed by atoms with Crippen molar-refractivity contribution in [2.45, 2.75) is 43.4 Å². The Bertz CT molecular complexity index is 838. The van der Waals surface area contributed by atoms with E-state index in [4.69, 9.17) is 16.1 Å². The van der Waals surface area contributed by atoms with Gasteiger partial charge in [0.05, 0.1) is 10.4 Å². The van der Waals surface area contributed by atoms with Crippen LogP contribution >= 0.6 is 11.6 Å². The number of rotatable bonds is 2. The Morgan fingerprint density at radius 1 is 1.24 bits per heavy atom. The van der Waals surface area contributed by atoms with Gasteiger partial charge in [-0.3, -0.25) is 4.90 Å². The van der Waals surface area contributed by atoms with E-state index in [2.05, 4.69) is 15.4 Å². The molecule has 0 radical (unpaired) electrons. The summed E-state index contributed by atoms with van der Waals surface area (Å²) in [5.74, 6) is 0.927. The Morgan fingerprint density at radius 3 is 2.60 bits per heavy atom. The number of nitrogens with one attached hydrogen (secondary N) is 1. The number of benzene rings is 1. The molecule has 3 aliphatic heterocycles. The number of aromatic nitrogens is 1. The van der Waals surface area contributed by atoms with E-state index >= 15 is 0 Å². The molecule has 4 heterocycles. The Labute approximate surface area is 147 Å². The summed E-state index contributed by atoms with van der Waals surface area (Å²) in [5.41, 5.74) is -1.10. The van der Waals surface area contributed by atoms with Gasteiger partial charge in [-0.1, -0.05) is 16.8 Å². The monoisotopic (exact) mass is 371 g/mol. The topological polar surface area (TPSA) is 41.3 Å². The number of fused-ring (bicyclic) bond motifs is 3. The summed E-state index contributed by atoms with van der Waals surface area (Å²) in [6, 6.07) is 3.03. The van der Waals surface area contributed by atoms with Crippen molar-refractivity contribution in [3.05, 3.63) is 22.7 Å². The Kier molecular flexibility index (Phi) is 3.18. The highest BCUT2D eigenvalue weighted by Crippen LogP contribution is 2.55. The van der Waals surface area contributed by atoms with Gasteiger partial charge >= 0.3 is 6.18 Å². The molecule has 1 aliphatic carbocycles. The lowest BCUT2D eigenvalue weighted by atomic mass is 9.77. The fourth-order valence-electron chi connectivity index (χ4n) is 4.82. The van der Waals surface area contributed by atoms with E-state index in [9.17, 15) is 13.2 Å². The summed E-state index contributed by atoms with van der Waals surface area (Å²) in [4.78, 5) is 2.53. The largest absolute Gasteiger partial charge is 0.421 e. The van der Waals surface area contributed by atoms with E-state index in [1.807, 2.05) is 0 Å². The van der Waals surface area contributed by atoms with Crippen molar-refractivity contribution in [2.24, 2.45) is 5.92 Å². The van der Waals surface area contributed by atoms with E-state index < -0.39 is 11.7 Å². The maximum atomic E-state index is 13.3. The van der Waals surface area contributed by atoms with Gasteiger partial charge in [0.25, 0.3) is 0 Å². The maximum absolute atomic E-state index is 13.3. The van der Waals surface area contributed by atoms with Gasteiger partial charge in [0.1, 0.15) is 5.56 Å². The summed E-state index contributed by atoms with van der Waals surface area (Å²) >= 11 is 5.76. The molecule has 0 amide bonds. The molecule has 3 saturated heterocycles. The van der Waals surface area contributed by atoms with Crippen LogP contribution in [0.3, 0.4) is 0 Å². The lowest BCUT2D eigenvalue weighted by Crippen LogP contribution is -2.62. The first-order valence-corrected chi connectivity index (χ1v) is 8.95. The Balaban J connectivity index is 1.54. The molecule has 8 heteroatoms. The molecule has 4 fully saturated rings. The normalized spacial score (nSPS) is 30.2. The summed E-state index contributed by atoms with van der Waals surface area (Å²) in [6.07, 6.45) is -0.0719. The lowest BCUT2D eigenvalue weighted by Gasteiger charge is -2.52. The van der Waals surface area contributed by atoms with Crippen molar-refractivity contribution < 1.29 is 17.7 Å². The van der Waals surface area contributed by atoms with Crippen LogP contribution in [0.5, 0.6) is 0 Å². The molecule has 1 aromatic heterocycles. The molecule has 1 unspecified atom stereocenters. The highest BCUT2D eigenvalue weighted by atomic mass is 35.5. The van der Waals surface area contributed by atoms with E-state index in [1.165, 1.54) is 6.07 Å². The molecule has 1 spiro atoms. The van der Waals surface area contributed by atoms with Crippen LogP contribution in [-0.2, 0) is 6.18 Å². The lowest BCUT2D eigenvalue weighted by molar-refractivity contribution is -0.136. The Morgan fingerprint density at radius 2 is 1.96 bits per heavy atom. The number of halogens is 4. The third kappa shape index (κ3) is 2.21. The van der Waals surface area contributed by atoms with Crippen molar-refractivity contribution in [1.29, 1.82) is 0 Å². The molecule has 1 atom stereocenters. The van der Waals surface area contributed by atoms with Crippen molar-refractivity contribution in [3.8, 4) is 0 Å². The second-order valence-electron chi connectivity index (χ2n) is 7.38. The van der Waals surface area contributed by atoms with Crippen LogP contribution in [0.2, 0.25) is 5.02 Å². The van der Waals surface area contributed by atoms with Crippen molar-refractivity contribution >= 4 is 28.4 Å². The first-order valence-electron chi connectivity index (χ1n) is 8.57. The van der Waals surface area contributed by atoms with E-state index in [0.717, 1.165) is 38.8 Å². The predicted molar refractivity (Wildman–Crippen MR) is 87.7 cm³/mol. The van der Waals surface area contributed by atoms with Gasteiger partial charge < -0.3 is 9.84 Å². The summed E-state index contributed by atoms with van der Waals surface area (Å²) in [7, 11) is 0. The molecule has 2 aromatic rings. The number of piperidine rings is 3. The van der Waals surface area contributed by atoms with Crippen molar-refractivity contribution in [3.63, 3.8) is 0 Å². The fourth-order valence-corrected chi connectivity index (χ4v) is 5.07. The van der Waals surface area contributed by atoms with Gasteiger partial charge in [-0.15, -0.1) is 0 Å². The molecular formula is C17H17ClF3N3O. The van der Waals surface area contributed by atoms with E-state index in [1.54, 1.807) is 6.07 Å². The van der Waals surface area contributed by atoms with Gasteiger partial charge in [-0.25, -0.2) is 0 Å². The van der Waals surface area contributed by atoms with Crippen LogP contribution in [0.15, 0.2) is 16.7 Å². The van der Waals surface area contributed by atoms with Crippen LogP contribution in [0.1, 0.15) is 31.2 Å². The van der Waals surface area contributed by atoms with Crippen LogP contribution in [0.25, 0.3) is 11.0 Å². The summed E-state index contributed by atoms with van der Waals surface area (Å²) < 4.78 is 45.0. The molecule has 1 aromatic carbocycles. The first kappa shape index (κ1) is 15.8. The third-order valence-electron chi connectivity index (χ3n) is 6.15. The second kappa shape index (κ2) is 5.04. The summed E-state index contributed by atoms with van der Waals surface area (Å²) in [6.45, 7) is 2.24. The second-order valence-corrected chi connectivity index (χ2v) is 7.79. The number of anilines is 1. The Hall–Kier alpha value is -1.47. The highest BCUT2D eigenvalue weighted by Gasteiger charge is 2.60. The number of hydrogen-bond acceptors (Lipinski definition) is 4. The average molecular weight is 372 g/mol. The number of hydrogen-bond donors (Lipinski definition) is 1. The molecule has 4 nitrogen and oxygen atoms in total. The maximum Gasteiger partial charge on any atom is 0.421 e. The van der Waals surface area contributed by atoms with Crippen LogP contribution < -0.4 is 5.32 Å². The average Bonchev–Trinajstić information content (AvgIpc) is 3.24. The first-order chi connectivity index (χ1) is 11.9. The zero-order valence-electron chi connectivity index (χ0n) is 13.4. The quantitative estimate of drug-likeness (QED) is 0.841. The minimum atomic E-state index is -4.58. The van der Waals surface area contributed by atoms with Crippen LogP contribution in [-0.4, -0.2) is 34.7 Å². The number of alkyl halides is 3. The van der Waals surface area contributed by atoms with Gasteiger partial charge in [0.2, 0.25) is 0 Å². The van der Waals surface area contributed by atoms with Crippen molar-refractivity contribution in [2.75, 3.05) is 18.4 Å². The molecule has 1 saturated carbocycles. The highest BCUT2D eigenvalue weighted by molar-refractivity contribution is 6.32. The molecule has 4 aliphatic rings. The minimum Gasteiger partial charge on any atom is -0.362 e. The van der Waals surface area contributed by atoms with E-state index in [0.29, 0.717) is 17.1 Å². The SMILES string of the molecule is FC(F)(F)c1c(Cl)ccc2c(NC3C4CCN(CC4)C34CC4)noc12. The zero-order valence-corrected chi connectivity index (χ0v) is 14.1. The minimum absolute atomic E-state index is 0.158. The third-order valence-corrected chi connectivity index (χ3v) is 6.46. The van der Waals surface area contributed by atoms with Gasteiger partial charge in [-0.2, -0.15) is 13.2 Å². The molecule has 134 valence electrons. The molecule has 1 N–H and O–H groups in total.